The minimum Gasteiger partial charge on any atom is -0.381 e. The average Bonchev–Trinajstić information content (AvgIpc) is 2.32. The highest BCUT2D eigenvalue weighted by atomic mass is 127. The van der Waals surface area contributed by atoms with Gasteiger partial charge in [0.25, 0.3) is 0 Å². The second kappa shape index (κ2) is 5.74. The molecule has 0 aromatic heterocycles. The predicted molar refractivity (Wildman–Crippen MR) is 87.1 cm³/mol. The molecule has 18 heavy (non-hydrogen) atoms. The number of hydrogen-bond donors (Lipinski definition) is 1. The monoisotopic (exact) mass is 351 g/mol. The van der Waals surface area contributed by atoms with Crippen LogP contribution in [0.1, 0.15) is 22.3 Å². The molecule has 0 radical (unpaired) electrons. The number of benzene rings is 2. The van der Waals surface area contributed by atoms with Crippen LogP contribution < -0.4 is 5.32 Å². The third kappa shape index (κ3) is 3.25. The fourth-order valence-electron chi connectivity index (χ4n) is 2.01. The van der Waals surface area contributed by atoms with Crippen molar-refractivity contribution in [3.63, 3.8) is 0 Å². The number of halogens is 1. The summed E-state index contributed by atoms with van der Waals surface area (Å²) >= 11 is 2.34. The minimum atomic E-state index is 0.884. The fraction of sp³-hybridized carbons (Fsp3) is 0.250. The van der Waals surface area contributed by atoms with Crippen LogP contribution in [0.5, 0.6) is 0 Å². The Morgan fingerprint density at radius 1 is 0.944 bits per heavy atom. The highest BCUT2D eigenvalue weighted by molar-refractivity contribution is 14.1. The van der Waals surface area contributed by atoms with E-state index in [9.17, 15) is 0 Å². The molecule has 0 saturated carbocycles. The van der Waals surface area contributed by atoms with Crippen molar-refractivity contribution >= 4 is 28.3 Å². The van der Waals surface area contributed by atoms with E-state index in [0.29, 0.717) is 0 Å². The normalized spacial score (nSPS) is 10.4. The van der Waals surface area contributed by atoms with Crippen molar-refractivity contribution in [1.29, 1.82) is 0 Å². The van der Waals surface area contributed by atoms with Gasteiger partial charge in [-0.25, -0.2) is 0 Å². The lowest BCUT2D eigenvalue weighted by molar-refractivity contribution is 1.10. The van der Waals surface area contributed by atoms with E-state index >= 15 is 0 Å². The fourth-order valence-corrected chi connectivity index (χ4v) is 2.65. The van der Waals surface area contributed by atoms with E-state index in [4.69, 9.17) is 0 Å². The summed E-state index contributed by atoms with van der Waals surface area (Å²) in [5.41, 5.74) is 6.55. The zero-order valence-corrected chi connectivity index (χ0v) is 13.2. The number of aryl methyl sites for hydroxylation is 3. The standard InChI is InChI=1S/C16H18IN/c1-11-4-5-12(2)14(8-11)10-18-16-7-6-15(17)9-13(16)3/h4-9,18H,10H2,1-3H3. The Labute approximate surface area is 123 Å². The molecule has 0 aliphatic carbocycles. The molecule has 0 fully saturated rings. The third-order valence-electron chi connectivity index (χ3n) is 3.16. The summed E-state index contributed by atoms with van der Waals surface area (Å²) < 4.78 is 1.28. The summed E-state index contributed by atoms with van der Waals surface area (Å²) in [5.74, 6) is 0. The van der Waals surface area contributed by atoms with Crippen LogP contribution in [0.2, 0.25) is 0 Å². The Morgan fingerprint density at radius 2 is 1.72 bits per heavy atom. The van der Waals surface area contributed by atoms with Gasteiger partial charge in [-0.2, -0.15) is 0 Å². The molecule has 2 aromatic carbocycles. The summed E-state index contributed by atoms with van der Waals surface area (Å²) in [6, 6.07) is 13.1. The van der Waals surface area contributed by atoms with Crippen LogP contribution in [0.3, 0.4) is 0 Å². The first-order chi connectivity index (χ1) is 8.56. The Balaban J connectivity index is 2.13. The second-order valence-corrected chi connectivity index (χ2v) is 5.99. The average molecular weight is 351 g/mol. The summed E-state index contributed by atoms with van der Waals surface area (Å²) in [6.07, 6.45) is 0. The molecule has 0 unspecified atom stereocenters. The molecule has 0 spiro atoms. The van der Waals surface area contributed by atoms with Gasteiger partial charge in [-0.05, 0) is 78.3 Å². The number of rotatable bonds is 3. The van der Waals surface area contributed by atoms with Crippen LogP contribution in [0.15, 0.2) is 36.4 Å². The summed E-state index contributed by atoms with van der Waals surface area (Å²) in [7, 11) is 0. The summed E-state index contributed by atoms with van der Waals surface area (Å²) in [6.45, 7) is 7.33. The van der Waals surface area contributed by atoms with Crippen molar-refractivity contribution in [1.82, 2.24) is 0 Å². The summed E-state index contributed by atoms with van der Waals surface area (Å²) in [5, 5.41) is 3.52. The van der Waals surface area contributed by atoms with Gasteiger partial charge in [0.15, 0.2) is 0 Å². The molecule has 1 N–H and O–H groups in total. The van der Waals surface area contributed by atoms with Crippen LogP contribution in [-0.2, 0) is 6.54 Å². The van der Waals surface area contributed by atoms with E-state index in [0.717, 1.165) is 6.54 Å². The maximum Gasteiger partial charge on any atom is 0.0403 e. The van der Waals surface area contributed by atoms with Gasteiger partial charge in [-0.3, -0.25) is 0 Å². The lowest BCUT2D eigenvalue weighted by Crippen LogP contribution is -2.03. The molecule has 0 aliphatic heterocycles. The molecule has 0 amide bonds. The second-order valence-electron chi connectivity index (χ2n) is 4.74. The van der Waals surface area contributed by atoms with Crippen molar-refractivity contribution in [2.24, 2.45) is 0 Å². The van der Waals surface area contributed by atoms with E-state index in [2.05, 4.69) is 85.1 Å². The molecule has 0 atom stereocenters. The molecule has 0 bridgehead atoms. The van der Waals surface area contributed by atoms with Crippen molar-refractivity contribution < 1.29 is 0 Å². The van der Waals surface area contributed by atoms with Crippen LogP contribution in [0.25, 0.3) is 0 Å². The van der Waals surface area contributed by atoms with Crippen molar-refractivity contribution in [3.8, 4) is 0 Å². The van der Waals surface area contributed by atoms with Gasteiger partial charge in [0.2, 0.25) is 0 Å². The van der Waals surface area contributed by atoms with Crippen LogP contribution >= 0.6 is 22.6 Å². The first kappa shape index (κ1) is 13.4. The first-order valence-corrected chi connectivity index (χ1v) is 7.20. The topological polar surface area (TPSA) is 12.0 Å². The van der Waals surface area contributed by atoms with E-state index < -0.39 is 0 Å². The quantitative estimate of drug-likeness (QED) is 0.781. The molecule has 0 aliphatic rings. The SMILES string of the molecule is Cc1ccc(C)c(CNc2ccc(I)cc2C)c1. The first-order valence-electron chi connectivity index (χ1n) is 6.12. The molecule has 1 nitrogen and oxygen atoms in total. The van der Waals surface area contributed by atoms with Crippen LogP contribution in [-0.4, -0.2) is 0 Å². The Kier molecular flexibility index (Phi) is 4.27. The van der Waals surface area contributed by atoms with Gasteiger partial charge in [-0.15, -0.1) is 0 Å². The maximum atomic E-state index is 3.52. The lowest BCUT2D eigenvalue weighted by Gasteiger charge is -2.12. The molecular weight excluding hydrogens is 333 g/mol. The van der Waals surface area contributed by atoms with Gasteiger partial charge >= 0.3 is 0 Å². The van der Waals surface area contributed by atoms with E-state index in [1.165, 1.54) is 31.5 Å². The number of hydrogen-bond acceptors (Lipinski definition) is 1. The molecular formula is C16H18IN. The summed E-state index contributed by atoms with van der Waals surface area (Å²) in [4.78, 5) is 0. The van der Waals surface area contributed by atoms with Crippen molar-refractivity contribution in [3.05, 3.63) is 62.2 Å². The largest absolute Gasteiger partial charge is 0.381 e. The molecule has 2 aromatic rings. The van der Waals surface area contributed by atoms with Gasteiger partial charge < -0.3 is 5.32 Å². The Bertz CT molecular complexity index is 561. The molecule has 0 heterocycles. The van der Waals surface area contributed by atoms with Crippen molar-refractivity contribution in [2.45, 2.75) is 27.3 Å². The highest BCUT2D eigenvalue weighted by Gasteiger charge is 2.01. The van der Waals surface area contributed by atoms with E-state index in [1.54, 1.807) is 0 Å². The minimum absolute atomic E-state index is 0.884. The Morgan fingerprint density at radius 3 is 2.44 bits per heavy atom. The van der Waals surface area contributed by atoms with Crippen LogP contribution in [0.4, 0.5) is 5.69 Å². The maximum absolute atomic E-state index is 3.52. The molecule has 94 valence electrons. The lowest BCUT2D eigenvalue weighted by atomic mass is 10.1. The van der Waals surface area contributed by atoms with E-state index in [1.807, 2.05) is 0 Å². The Hall–Kier alpha value is -1.03. The van der Waals surface area contributed by atoms with Crippen molar-refractivity contribution in [2.75, 3.05) is 5.32 Å². The van der Waals surface area contributed by atoms with E-state index in [-0.39, 0.29) is 0 Å². The third-order valence-corrected chi connectivity index (χ3v) is 3.83. The predicted octanol–water partition coefficient (Wildman–Crippen LogP) is 4.83. The molecule has 0 saturated heterocycles. The van der Waals surface area contributed by atoms with Crippen LogP contribution in [0, 0.1) is 24.3 Å². The number of nitrogens with one attached hydrogen (secondary N) is 1. The highest BCUT2D eigenvalue weighted by Crippen LogP contribution is 2.19. The molecule has 2 rings (SSSR count). The zero-order valence-electron chi connectivity index (χ0n) is 11.0. The van der Waals surface area contributed by atoms with Gasteiger partial charge in [0.1, 0.15) is 0 Å². The van der Waals surface area contributed by atoms with Gasteiger partial charge in [0.05, 0.1) is 0 Å². The van der Waals surface area contributed by atoms with Gasteiger partial charge in [0, 0.05) is 15.8 Å². The van der Waals surface area contributed by atoms with Gasteiger partial charge in [-0.1, -0.05) is 23.8 Å². The zero-order chi connectivity index (χ0) is 13.1. The number of anilines is 1. The smallest absolute Gasteiger partial charge is 0.0403 e. The molecule has 2 heteroatoms.